The topological polar surface area (TPSA) is 35.5 Å². The normalized spacial score (nSPS) is 27.2. The Morgan fingerprint density at radius 1 is 1.42 bits per heavy atom. The highest BCUT2D eigenvalue weighted by Crippen LogP contribution is 2.27. The summed E-state index contributed by atoms with van der Waals surface area (Å²) >= 11 is 0. The molecule has 0 N–H and O–H groups in total. The minimum absolute atomic E-state index is 0.134. The van der Waals surface area contributed by atoms with Gasteiger partial charge in [-0.2, -0.15) is 0 Å². The molecule has 0 amide bonds. The van der Waals surface area contributed by atoms with Crippen LogP contribution < -0.4 is 0 Å². The molecule has 2 aliphatic rings. The van der Waals surface area contributed by atoms with E-state index in [4.69, 9.17) is 9.47 Å². The predicted molar refractivity (Wildman–Crippen MR) is 42.2 cm³/mol. The zero-order valence-corrected chi connectivity index (χ0v) is 6.66. The van der Waals surface area contributed by atoms with Crippen LogP contribution in [0.3, 0.4) is 0 Å². The van der Waals surface area contributed by atoms with Crippen LogP contribution in [0.25, 0.3) is 0 Å². The van der Waals surface area contributed by atoms with Gasteiger partial charge in [-0.1, -0.05) is 6.08 Å². The lowest BCUT2D eigenvalue weighted by Gasteiger charge is -2.25. The van der Waals surface area contributed by atoms with E-state index in [1.165, 1.54) is 0 Å². The van der Waals surface area contributed by atoms with Crippen molar-refractivity contribution in [3.05, 3.63) is 23.7 Å². The Labute approximate surface area is 70.7 Å². The summed E-state index contributed by atoms with van der Waals surface area (Å²) in [5.41, 5.74) is 0. The molecule has 1 aliphatic carbocycles. The van der Waals surface area contributed by atoms with E-state index in [9.17, 15) is 4.79 Å². The van der Waals surface area contributed by atoms with E-state index >= 15 is 0 Å². The minimum Gasteiger partial charge on any atom is -0.490 e. The zero-order chi connectivity index (χ0) is 8.39. The molecule has 0 aromatic carbocycles. The molecule has 0 saturated carbocycles. The van der Waals surface area contributed by atoms with Crippen molar-refractivity contribution in [3.63, 3.8) is 0 Å². The Bertz CT molecular complexity index is 252. The van der Waals surface area contributed by atoms with Crippen molar-refractivity contribution in [2.75, 3.05) is 13.2 Å². The van der Waals surface area contributed by atoms with Crippen molar-refractivity contribution in [2.45, 2.75) is 6.42 Å². The summed E-state index contributed by atoms with van der Waals surface area (Å²) in [6.07, 6.45) is 5.44. The molecule has 1 aliphatic heterocycles. The third kappa shape index (κ3) is 1.11. The van der Waals surface area contributed by atoms with Crippen molar-refractivity contribution in [1.29, 1.82) is 0 Å². The number of aldehydes is 1. The van der Waals surface area contributed by atoms with Crippen LogP contribution in [-0.2, 0) is 14.3 Å². The largest absolute Gasteiger partial charge is 0.490 e. The molecule has 0 aromatic rings. The summed E-state index contributed by atoms with van der Waals surface area (Å²) in [6.45, 7) is 1.13. The summed E-state index contributed by atoms with van der Waals surface area (Å²) in [7, 11) is 0. The van der Waals surface area contributed by atoms with Gasteiger partial charge in [-0.15, -0.1) is 0 Å². The van der Waals surface area contributed by atoms with Gasteiger partial charge in [0.25, 0.3) is 0 Å². The number of allylic oxidation sites excluding steroid dienone is 3. The molecule has 0 spiro atoms. The lowest BCUT2D eigenvalue weighted by molar-refractivity contribution is -0.111. The molecule has 64 valence electrons. The Balaban J connectivity index is 2.29. The molecule has 0 aromatic heterocycles. The first-order valence-electron chi connectivity index (χ1n) is 4.03. The molecule has 0 radical (unpaired) electrons. The van der Waals surface area contributed by atoms with E-state index in [1.54, 1.807) is 0 Å². The first-order chi connectivity index (χ1) is 5.92. The molecule has 1 heterocycles. The van der Waals surface area contributed by atoms with Crippen LogP contribution in [0.4, 0.5) is 0 Å². The molecular weight excluding hydrogens is 156 g/mol. The smallest absolute Gasteiger partial charge is 0.157 e. The van der Waals surface area contributed by atoms with E-state index in [-0.39, 0.29) is 5.92 Å². The van der Waals surface area contributed by atoms with Gasteiger partial charge in [-0.05, 0) is 12.5 Å². The average molecular weight is 166 g/mol. The van der Waals surface area contributed by atoms with Gasteiger partial charge in [0.15, 0.2) is 5.76 Å². The molecular formula is C9H10O3. The molecule has 3 nitrogen and oxygen atoms in total. The number of carbonyl (C=O) groups excluding carboxylic acids is 1. The van der Waals surface area contributed by atoms with Crippen LogP contribution in [0.2, 0.25) is 0 Å². The second kappa shape index (κ2) is 3.01. The zero-order valence-electron chi connectivity index (χ0n) is 6.66. The van der Waals surface area contributed by atoms with E-state index in [2.05, 4.69) is 0 Å². The Hall–Kier alpha value is -1.25. The molecule has 0 bridgehead atoms. The fraction of sp³-hybridized carbons (Fsp3) is 0.444. The molecule has 12 heavy (non-hydrogen) atoms. The van der Waals surface area contributed by atoms with Gasteiger partial charge in [0.2, 0.25) is 0 Å². The Kier molecular flexibility index (Phi) is 1.86. The molecule has 0 fully saturated rings. The highest BCUT2D eigenvalue weighted by molar-refractivity contribution is 5.60. The number of ether oxygens (including phenoxy) is 2. The monoisotopic (exact) mass is 166 g/mol. The predicted octanol–water partition coefficient (Wildman–Crippen LogP) is 1.02. The Morgan fingerprint density at radius 3 is 3.08 bits per heavy atom. The van der Waals surface area contributed by atoms with Gasteiger partial charge in [-0.3, -0.25) is 0 Å². The fourth-order valence-electron chi connectivity index (χ4n) is 1.41. The van der Waals surface area contributed by atoms with Crippen molar-refractivity contribution in [3.8, 4) is 0 Å². The highest BCUT2D eigenvalue weighted by atomic mass is 16.6. The lowest BCUT2D eigenvalue weighted by Crippen LogP contribution is -2.21. The third-order valence-electron chi connectivity index (χ3n) is 2.00. The van der Waals surface area contributed by atoms with Crippen LogP contribution in [0.15, 0.2) is 23.7 Å². The standard InChI is InChI=1S/C9H10O3/c10-6-7-2-1-3-8-9(7)12-5-4-11-8/h1,3,6-7H,2,4-5H2. The first-order valence-corrected chi connectivity index (χ1v) is 4.03. The van der Waals surface area contributed by atoms with Gasteiger partial charge in [0, 0.05) is 0 Å². The third-order valence-corrected chi connectivity index (χ3v) is 2.00. The van der Waals surface area contributed by atoms with Crippen molar-refractivity contribution < 1.29 is 14.3 Å². The summed E-state index contributed by atoms with van der Waals surface area (Å²) in [4.78, 5) is 10.6. The quantitative estimate of drug-likeness (QED) is 0.545. The molecule has 0 saturated heterocycles. The Morgan fingerprint density at radius 2 is 2.25 bits per heavy atom. The van der Waals surface area contributed by atoms with Gasteiger partial charge in [0.05, 0.1) is 5.92 Å². The maximum atomic E-state index is 10.6. The second-order valence-corrected chi connectivity index (χ2v) is 2.81. The van der Waals surface area contributed by atoms with Crippen LogP contribution >= 0.6 is 0 Å². The summed E-state index contributed by atoms with van der Waals surface area (Å²) < 4.78 is 10.7. The van der Waals surface area contributed by atoms with Crippen LogP contribution in [0.1, 0.15) is 6.42 Å². The minimum atomic E-state index is -0.134. The van der Waals surface area contributed by atoms with Gasteiger partial charge < -0.3 is 14.3 Å². The van der Waals surface area contributed by atoms with E-state index in [1.807, 2.05) is 12.2 Å². The van der Waals surface area contributed by atoms with Crippen molar-refractivity contribution in [2.24, 2.45) is 5.92 Å². The number of hydrogen-bond donors (Lipinski definition) is 0. The maximum Gasteiger partial charge on any atom is 0.157 e. The average Bonchev–Trinajstić information content (AvgIpc) is 2.17. The van der Waals surface area contributed by atoms with E-state index < -0.39 is 0 Å². The summed E-state index contributed by atoms with van der Waals surface area (Å²) in [6, 6.07) is 0. The van der Waals surface area contributed by atoms with Crippen molar-refractivity contribution in [1.82, 2.24) is 0 Å². The van der Waals surface area contributed by atoms with Crippen LogP contribution in [0, 0.1) is 5.92 Å². The van der Waals surface area contributed by atoms with Crippen LogP contribution in [-0.4, -0.2) is 19.5 Å². The highest BCUT2D eigenvalue weighted by Gasteiger charge is 2.24. The van der Waals surface area contributed by atoms with E-state index in [0.29, 0.717) is 19.0 Å². The molecule has 1 unspecified atom stereocenters. The van der Waals surface area contributed by atoms with E-state index in [0.717, 1.165) is 18.5 Å². The fourth-order valence-corrected chi connectivity index (χ4v) is 1.41. The van der Waals surface area contributed by atoms with Gasteiger partial charge in [0.1, 0.15) is 25.3 Å². The van der Waals surface area contributed by atoms with Gasteiger partial charge in [-0.25, -0.2) is 0 Å². The maximum absolute atomic E-state index is 10.6. The van der Waals surface area contributed by atoms with Crippen LogP contribution in [0.5, 0.6) is 0 Å². The summed E-state index contributed by atoms with van der Waals surface area (Å²) in [5, 5.41) is 0. The van der Waals surface area contributed by atoms with Crippen molar-refractivity contribution >= 4 is 6.29 Å². The molecule has 1 atom stereocenters. The lowest BCUT2D eigenvalue weighted by atomic mass is 9.99. The number of carbonyl (C=O) groups is 1. The SMILES string of the molecule is O=CC1CC=CC2=C1OCCO2. The number of hydrogen-bond acceptors (Lipinski definition) is 3. The summed E-state index contributed by atoms with van der Waals surface area (Å²) in [5.74, 6) is 1.30. The number of rotatable bonds is 1. The second-order valence-electron chi connectivity index (χ2n) is 2.81. The first kappa shape index (κ1) is 7.40. The molecule has 3 heteroatoms. The molecule has 2 rings (SSSR count). The van der Waals surface area contributed by atoms with Gasteiger partial charge >= 0.3 is 0 Å².